The smallest absolute Gasteiger partial charge is 0.147 e. The van der Waals surface area contributed by atoms with Gasteiger partial charge in [-0.05, 0) is 63.5 Å². The fourth-order valence-corrected chi connectivity index (χ4v) is 3.87. The number of halogens is 2. The maximum atomic E-state index is 5.74. The van der Waals surface area contributed by atoms with Crippen LogP contribution in [0.1, 0.15) is 12.5 Å². The molecule has 1 aromatic rings. The third-order valence-corrected chi connectivity index (χ3v) is 4.57. The fourth-order valence-electron chi connectivity index (χ4n) is 2.36. The highest BCUT2D eigenvalue weighted by Gasteiger charge is 2.17. The van der Waals surface area contributed by atoms with Crippen LogP contribution >= 0.6 is 31.9 Å². The van der Waals surface area contributed by atoms with Crippen LogP contribution in [0, 0.1) is 0 Å². The first-order valence-electron chi connectivity index (χ1n) is 7.21. The molecule has 118 valence electrons. The second-order valence-corrected chi connectivity index (χ2v) is 6.92. The summed E-state index contributed by atoms with van der Waals surface area (Å²) < 4.78 is 13.3. The first-order chi connectivity index (χ1) is 10.1. The lowest BCUT2D eigenvalue weighted by molar-refractivity contribution is -0.0182. The van der Waals surface area contributed by atoms with Gasteiger partial charge in [-0.2, -0.15) is 0 Å². The van der Waals surface area contributed by atoms with Gasteiger partial charge in [0, 0.05) is 26.2 Å². The molecule has 1 heterocycles. The second-order valence-electron chi connectivity index (χ2n) is 5.21. The highest BCUT2D eigenvalue weighted by Crippen LogP contribution is 2.34. The van der Waals surface area contributed by atoms with E-state index in [-0.39, 0.29) is 6.10 Å². The minimum absolute atomic E-state index is 0.276. The Morgan fingerprint density at radius 2 is 2.10 bits per heavy atom. The molecule has 1 unspecified atom stereocenters. The van der Waals surface area contributed by atoms with Gasteiger partial charge >= 0.3 is 0 Å². The summed E-state index contributed by atoms with van der Waals surface area (Å²) in [5.74, 6) is 0.860. The topological polar surface area (TPSA) is 33.7 Å². The highest BCUT2D eigenvalue weighted by molar-refractivity contribution is 9.11. The summed E-state index contributed by atoms with van der Waals surface area (Å²) in [4.78, 5) is 2.31. The number of benzene rings is 1. The maximum absolute atomic E-state index is 5.74. The summed E-state index contributed by atoms with van der Waals surface area (Å²) >= 11 is 7.12. The number of nitrogens with one attached hydrogen (secondary N) is 1. The molecule has 0 radical (unpaired) electrons. The van der Waals surface area contributed by atoms with Gasteiger partial charge in [0.15, 0.2) is 0 Å². The normalized spacial score (nSPS) is 19.7. The third kappa shape index (κ3) is 5.21. The van der Waals surface area contributed by atoms with Crippen LogP contribution < -0.4 is 10.1 Å². The summed E-state index contributed by atoms with van der Waals surface area (Å²) in [6.07, 6.45) is 0.276. The lowest BCUT2D eigenvalue weighted by Gasteiger charge is -2.30. The van der Waals surface area contributed by atoms with E-state index >= 15 is 0 Å². The number of hydrogen-bond acceptors (Lipinski definition) is 4. The zero-order chi connectivity index (χ0) is 15.2. The van der Waals surface area contributed by atoms with Crippen molar-refractivity contribution in [2.45, 2.75) is 19.6 Å². The predicted molar refractivity (Wildman–Crippen MR) is 92.0 cm³/mol. The third-order valence-electron chi connectivity index (χ3n) is 3.39. The summed E-state index contributed by atoms with van der Waals surface area (Å²) in [5.41, 5.74) is 1.21. The van der Waals surface area contributed by atoms with Gasteiger partial charge < -0.3 is 19.7 Å². The van der Waals surface area contributed by atoms with E-state index in [2.05, 4.69) is 61.3 Å². The zero-order valence-corrected chi connectivity index (χ0v) is 15.7. The number of morpholine rings is 1. The Hall–Kier alpha value is -0.140. The van der Waals surface area contributed by atoms with Gasteiger partial charge in [-0.3, -0.25) is 0 Å². The molecule has 1 aromatic carbocycles. The fraction of sp³-hybridized carbons (Fsp3) is 0.600. The van der Waals surface area contributed by atoms with Gasteiger partial charge in [-0.15, -0.1) is 0 Å². The van der Waals surface area contributed by atoms with E-state index in [0.29, 0.717) is 6.61 Å². The van der Waals surface area contributed by atoms with Crippen LogP contribution in [0.25, 0.3) is 0 Å². The van der Waals surface area contributed by atoms with E-state index in [0.717, 1.165) is 47.5 Å². The minimum Gasteiger partial charge on any atom is -0.492 e. The molecule has 1 saturated heterocycles. The lowest BCUT2D eigenvalue weighted by atomic mass is 10.2. The molecule has 21 heavy (non-hydrogen) atoms. The van der Waals surface area contributed by atoms with Crippen LogP contribution in [0.3, 0.4) is 0 Å². The molecule has 0 aliphatic carbocycles. The maximum Gasteiger partial charge on any atom is 0.147 e. The number of likely N-dealkylation sites (N-methyl/N-ethyl adjacent to an activating group) is 1. The predicted octanol–water partition coefficient (Wildman–Crippen LogP) is 3.03. The van der Waals surface area contributed by atoms with Crippen LogP contribution in [0.2, 0.25) is 0 Å². The number of ether oxygens (including phenoxy) is 2. The van der Waals surface area contributed by atoms with Crippen molar-refractivity contribution in [2.75, 3.05) is 39.9 Å². The van der Waals surface area contributed by atoms with Crippen molar-refractivity contribution < 1.29 is 9.47 Å². The van der Waals surface area contributed by atoms with E-state index in [1.807, 2.05) is 6.92 Å². The largest absolute Gasteiger partial charge is 0.492 e. The Kier molecular flexibility index (Phi) is 6.95. The van der Waals surface area contributed by atoms with Crippen molar-refractivity contribution >= 4 is 31.9 Å². The van der Waals surface area contributed by atoms with Crippen molar-refractivity contribution in [3.63, 3.8) is 0 Å². The van der Waals surface area contributed by atoms with Gasteiger partial charge in [0.05, 0.1) is 28.3 Å². The van der Waals surface area contributed by atoms with Crippen molar-refractivity contribution in [1.82, 2.24) is 10.2 Å². The molecule has 1 atom stereocenters. The molecule has 1 aliphatic heterocycles. The van der Waals surface area contributed by atoms with Crippen LogP contribution in [0.4, 0.5) is 0 Å². The summed E-state index contributed by atoms with van der Waals surface area (Å²) in [6.45, 7) is 7.15. The molecule has 1 fully saturated rings. The molecule has 1 aliphatic rings. The number of hydrogen-bond donors (Lipinski definition) is 1. The monoisotopic (exact) mass is 420 g/mol. The average Bonchev–Trinajstić information content (AvgIpc) is 2.43. The molecule has 0 aromatic heterocycles. The van der Waals surface area contributed by atoms with E-state index < -0.39 is 0 Å². The summed E-state index contributed by atoms with van der Waals surface area (Å²) in [6, 6.07) is 4.19. The van der Waals surface area contributed by atoms with Gasteiger partial charge in [0.25, 0.3) is 0 Å². The molecule has 6 heteroatoms. The quantitative estimate of drug-likeness (QED) is 0.765. The molecule has 0 spiro atoms. The Morgan fingerprint density at radius 3 is 2.71 bits per heavy atom. The SMILES string of the molecule is CCOc1c(Br)cc(CNCC2CN(C)CCO2)cc1Br. The first kappa shape index (κ1) is 17.2. The zero-order valence-electron chi connectivity index (χ0n) is 12.5. The molecule has 0 saturated carbocycles. The van der Waals surface area contributed by atoms with E-state index in [1.54, 1.807) is 0 Å². The first-order valence-corrected chi connectivity index (χ1v) is 8.80. The van der Waals surface area contributed by atoms with Crippen molar-refractivity contribution in [2.24, 2.45) is 0 Å². The second kappa shape index (κ2) is 8.48. The van der Waals surface area contributed by atoms with Gasteiger partial charge in [-0.25, -0.2) is 0 Å². The van der Waals surface area contributed by atoms with E-state index in [4.69, 9.17) is 9.47 Å². The van der Waals surface area contributed by atoms with Crippen molar-refractivity contribution in [3.8, 4) is 5.75 Å². The molecular weight excluding hydrogens is 400 g/mol. The van der Waals surface area contributed by atoms with Crippen molar-refractivity contribution in [1.29, 1.82) is 0 Å². The number of rotatable bonds is 6. The number of nitrogens with zero attached hydrogens (tertiary/aromatic N) is 1. The van der Waals surface area contributed by atoms with E-state index in [9.17, 15) is 0 Å². The highest BCUT2D eigenvalue weighted by atomic mass is 79.9. The average molecular weight is 422 g/mol. The Bertz CT molecular complexity index is 448. The lowest BCUT2D eigenvalue weighted by Crippen LogP contribution is -2.44. The van der Waals surface area contributed by atoms with Crippen molar-refractivity contribution in [3.05, 3.63) is 26.6 Å². The summed E-state index contributed by atoms with van der Waals surface area (Å²) in [7, 11) is 2.14. The van der Waals surface area contributed by atoms with Crippen LogP contribution in [-0.4, -0.2) is 50.9 Å². The van der Waals surface area contributed by atoms with Gasteiger partial charge in [0.1, 0.15) is 5.75 Å². The molecular formula is C15H22Br2N2O2. The Balaban J connectivity index is 1.85. The van der Waals surface area contributed by atoms with Crippen LogP contribution in [0.15, 0.2) is 21.1 Å². The molecule has 0 bridgehead atoms. The standard InChI is InChI=1S/C15H22Br2N2O2/c1-3-20-15-13(16)6-11(7-14(15)17)8-18-9-12-10-19(2)4-5-21-12/h6-7,12,18H,3-5,8-10H2,1-2H3. The summed E-state index contributed by atoms with van der Waals surface area (Å²) in [5, 5.41) is 3.46. The van der Waals surface area contributed by atoms with Crippen LogP contribution in [0.5, 0.6) is 5.75 Å². The Labute approximate surface area is 143 Å². The van der Waals surface area contributed by atoms with Gasteiger partial charge in [-0.1, -0.05) is 0 Å². The minimum atomic E-state index is 0.276. The molecule has 2 rings (SSSR count). The molecule has 0 amide bonds. The van der Waals surface area contributed by atoms with E-state index in [1.165, 1.54) is 5.56 Å². The Morgan fingerprint density at radius 1 is 1.38 bits per heavy atom. The van der Waals surface area contributed by atoms with Gasteiger partial charge in [0.2, 0.25) is 0 Å². The van der Waals surface area contributed by atoms with Crippen LogP contribution in [-0.2, 0) is 11.3 Å². The molecule has 1 N–H and O–H groups in total. The molecule has 4 nitrogen and oxygen atoms in total.